The van der Waals surface area contributed by atoms with Crippen LogP contribution in [0.25, 0.3) is 0 Å². The minimum atomic E-state index is -4.35. The molecule has 0 amide bonds. The van der Waals surface area contributed by atoms with Crippen molar-refractivity contribution in [3.63, 3.8) is 0 Å². The second-order valence-corrected chi connectivity index (χ2v) is 4.23. The number of aromatic hydroxyl groups is 2. The first-order valence-corrected chi connectivity index (χ1v) is 5.39. The minimum Gasteiger partial charge on any atom is -0.504 e. The molecule has 0 spiro atoms. The zero-order chi connectivity index (χ0) is 12.1. The van der Waals surface area contributed by atoms with Crippen molar-refractivity contribution in [2.24, 2.45) is 0 Å². The normalized spacial score (nSPS) is 16.1. The fourth-order valence-corrected chi connectivity index (χ4v) is 2.07. The van der Waals surface area contributed by atoms with Crippen molar-refractivity contribution < 1.29 is 31.8 Å². The zero-order valence-corrected chi connectivity index (χ0v) is 8.74. The summed E-state index contributed by atoms with van der Waals surface area (Å²) in [6, 6.07) is 0.829. The van der Waals surface area contributed by atoms with E-state index in [2.05, 4.69) is 8.37 Å². The van der Waals surface area contributed by atoms with Gasteiger partial charge in [-0.3, -0.25) is 4.79 Å². The molecule has 1 heterocycles. The van der Waals surface area contributed by atoms with Gasteiger partial charge in [-0.1, -0.05) is 0 Å². The maximum atomic E-state index is 11.2. The van der Waals surface area contributed by atoms with Crippen LogP contribution in [-0.4, -0.2) is 24.4 Å². The maximum absolute atomic E-state index is 11.2. The standard InChI is InChI=1S/C8H6O7S/c1-3(9)6-5-2-4(10)7(11)8(6)15-16(12,13)14-5/h2,10-11H,1H3. The quantitative estimate of drug-likeness (QED) is 0.542. The van der Waals surface area contributed by atoms with Gasteiger partial charge in [0.25, 0.3) is 0 Å². The summed E-state index contributed by atoms with van der Waals surface area (Å²) >= 11 is 0. The summed E-state index contributed by atoms with van der Waals surface area (Å²) < 4.78 is 30.7. The molecular weight excluding hydrogens is 240 g/mol. The Morgan fingerprint density at radius 3 is 2.50 bits per heavy atom. The van der Waals surface area contributed by atoms with Gasteiger partial charge in [0.05, 0.1) is 0 Å². The predicted molar refractivity (Wildman–Crippen MR) is 50.0 cm³/mol. The largest absolute Gasteiger partial charge is 0.504 e. The third kappa shape index (κ3) is 1.43. The molecule has 0 radical (unpaired) electrons. The van der Waals surface area contributed by atoms with Crippen LogP contribution in [0.4, 0.5) is 0 Å². The average Bonchev–Trinajstić information content (AvgIpc) is 2.11. The molecule has 8 heteroatoms. The van der Waals surface area contributed by atoms with Gasteiger partial charge in [-0.2, -0.15) is 0 Å². The third-order valence-corrected chi connectivity index (χ3v) is 2.68. The molecule has 0 saturated carbocycles. The summed E-state index contributed by atoms with van der Waals surface area (Å²) in [5, 5.41) is 18.6. The maximum Gasteiger partial charge on any atom is 0.501 e. The molecule has 2 rings (SSSR count). The van der Waals surface area contributed by atoms with Crippen molar-refractivity contribution in [3.8, 4) is 23.0 Å². The first-order valence-electron chi connectivity index (χ1n) is 4.05. The molecule has 2 N–H and O–H groups in total. The molecule has 0 unspecified atom stereocenters. The van der Waals surface area contributed by atoms with Gasteiger partial charge in [-0.25, -0.2) is 0 Å². The van der Waals surface area contributed by atoms with Gasteiger partial charge in [-0.15, -0.1) is 8.42 Å². The molecule has 0 aromatic heterocycles. The summed E-state index contributed by atoms with van der Waals surface area (Å²) in [6.45, 7) is 1.14. The van der Waals surface area contributed by atoms with Crippen molar-refractivity contribution >= 4 is 16.2 Å². The lowest BCUT2D eigenvalue weighted by Gasteiger charge is -2.20. The predicted octanol–water partition coefficient (Wildman–Crippen LogP) is 0.316. The number of ketones is 1. The van der Waals surface area contributed by atoms with Gasteiger partial charge in [0, 0.05) is 6.07 Å². The lowest BCUT2D eigenvalue weighted by atomic mass is 10.1. The van der Waals surface area contributed by atoms with Crippen molar-refractivity contribution in [2.75, 3.05) is 0 Å². The first kappa shape index (κ1) is 10.6. The van der Waals surface area contributed by atoms with Gasteiger partial charge >= 0.3 is 10.4 Å². The molecule has 86 valence electrons. The number of hydrogen-bond acceptors (Lipinski definition) is 7. The van der Waals surface area contributed by atoms with Crippen LogP contribution in [0.15, 0.2) is 6.07 Å². The molecule has 0 aliphatic carbocycles. The van der Waals surface area contributed by atoms with Crippen molar-refractivity contribution in [1.82, 2.24) is 0 Å². The number of rotatable bonds is 1. The lowest BCUT2D eigenvalue weighted by Crippen LogP contribution is -2.23. The van der Waals surface area contributed by atoms with Crippen molar-refractivity contribution in [1.29, 1.82) is 0 Å². The molecule has 0 saturated heterocycles. The van der Waals surface area contributed by atoms with E-state index in [1.165, 1.54) is 0 Å². The molecule has 1 aromatic carbocycles. The topological polar surface area (TPSA) is 110 Å². The van der Waals surface area contributed by atoms with E-state index in [0.29, 0.717) is 0 Å². The summed E-state index contributed by atoms with van der Waals surface area (Å²) in [5.74, 6) is -3.00. The Balaban J connectivity index is 2.81. The van der Waals surface area contributed by atoms with Crippen LogP contribution < -0.4 is 8.37 Å². The van der Waals surface area contributed by atoms with E-state index < -0.39 is 33.4 Å². The fourth-order valence-electron chi connectivity index (χ4n) is 1.32. The van der Waals surface area contributed by atoms with E-state index in [1.54, 1.807) is 0 Å². The van der Waals surface area contributed by atoms with Gasteiger partial charge < -0.3 is 18.6 Å². The Morgan fingerprint density at radius 1 is 1.31 bits per heavy atom. The van der Waals surface area contributed by atoms with Crippen molar-refractivity contribution in [2.45, 2.75) is 6.92 Å². The highest BCUT2D eigenvalue weighted by Gasteiger charge is 2.34. The Kier molecular flexibility index (Phi) is 1.99. The SMILES string of the molecule is CC(=O)c1c2cc(O)c(O)c1OS(=O)(=O)O2. The number of fused-ring (bicyclic) bond motifs is 2. The molecule has 2 bridgehead atoms. The summed E-state index contributed by atoms with van der Waals surface area (Å²) in [4.78, 5) is 11.2. The van der Waals surface area contributed by atoms with E-state index in [0.717, 1.165) is 13.0 Å². The second kappa shape index (κ2) is 3.01. The average molecular weight is 246 g/mol. The van der Waals surface area contributed by atoms with Gasteiger partial charge in [0.1, 0.15) is 5.56 Å². The molecular formula is C8H6O7S. The van der Waals surface area contributed by atoms with Crippen LogP contribution >= 0.6 is 0 Å². The molecule has 1 aromatic rings. The molecule has 0 atom stereocenters. The highest BCUT2D eigenvalue weighted by atomic mass is 32.3. The highest BCUT2D eigenvalue weighted by molar-refractivity contribution is 7.82. The van der Waals surface area contributed by atoms with E-state index in [4.69, 9.17) is 0 Å². The Hall–Kier alpha value is -1.96. The number of carbonyl (C=O) groups is 1. The van der Waals surface area contributed by atoms with E-state index in [1.807, 2.05) is 0 Å². The second-order valence-electron chi connectivity index (χ2n) is 3.08. The summed E-state index contributed by atoms with van der Waals surface area (Å²) in [5.41, 5.74) is -0.231. The Morgan fingerprint density at radius 2 is 1.94 bits per heavy atom. The van der Waals surface area contributed by atoms with Crippen LogP contribution in [0.1, 0.15) is 17.3 Å². The number of phenols is 2. The lowest BCUT2D eigenvalue weighted by molar-refractivity contribution is 0.101. The van der Waals surface area contributed by atoms with Gasteiger partial charge in [0.2, 0.25) is 11.5 Å². The van der Waals surface area contributed by atoms with E-state index >= 15 is 0 Å². The first-order chi connectivity index (χ1) is 7.32. The third-order valence-electron chi connectivity index (χ3n) is 1.93. The monoisotopic (exact) mass is 246 g/mol. The molecule has 1 aliphatic rings. The highest BCUT2D eigenvalue weighted by Crippen LogP contribution is 2.47. The van der Waals surface area contributed by atoms with E-state index in [9.17, 15) is 23.4 Å². The molecule has 16 heavy (non-hydrogen) atoms. The summed E-state index contributed by atoms with van der Waals surface area (Å²) in [6.07, 6.45) is 0. The van der Waals surface area contributed by atoms with Crippen LogP contribution in [0.2, 0.25) is 0 Å². The van der Waals surface area contributed by atoms with Crippen molar-refractivity contribution in [3.05, 3.63) is 11.6 Å². The van der Waals surface area contributed by atoms with Gasteiger partial charge in [-0.05, 0) is 6.92 Å². The van der Waals surface area contributed by atoms with E-state index in [-0.39, 0.29) is 11.3 Å². The number of Topliss-reactive ketones (excluding diaryl/α,β-unsaturated/α-hetero) is 1. The molecule has 1 aliphatic heterocycles. The number of hydrogen-bond donors (Lipinski definition) is 2. The Bertz CT molecular complexity index is 587. The number of carbonyl (C=O) groups excluding carboxylic acids is 1. The number of phenolic OH excluding ortho intramolecular Hbond substituents is 2. The van der Waals surface area contributed by atoms with Gasteiger partial charge in [0.15, 0.2) is 17.3 Å². The summed E-state index contributed by atoms with van der Waals surface area (Å²) in [7, 11) is -4.35. The Labute approximate surface area is 90.2 Å². The van der Waals surface area contributed by atoms with Crippen LogP contribution in [-0.2, 0) is 10.4 Å². The number of benzene rings is 1. The van der Waals surface area contributed by atoms with Crippen LogP contribution in [0.3, 0.4) is 0 Å². The van der Waals surface area contributed by atoms with Crippen LogP contribution in [0, 0.1) is 0 Å². The van der Waals surface area contributed by atoms with Crippen LogP contribution in [0.5, 0.6) is 23.0 Å². The fraction of sp³-hybridized carbons (Fsp3) is 0.125. The molecule has 7 nitrogen and oxygen atoms in total. The minimum absolute atomic E-state index is 0.231. The smallest absolute Gasteiger partial charge is 0.501 e. The zero-order valence-electron chi connectivity index (χ0n) is 7.92. The molecule has 0 fully saturated rings.